The lowest BCUT2D eigenvalue weighted by Crippen LogP contribution is -2.47. The lowest BCUT2D eigenvalue weighted by molar-refractivity contribution is -0.538. The van der Waals surface area contributed by atoms with Crippen molar-refractivity contribution in [1.82, 2.24) is 0 Å². The zero-order valence-corrected chi connectivity index (χ0v) is 15.9. The minimum Gasteiger partial charge on any atom is -0.497 e. The molecule has 2 aliphatic rings. The maximum Gasteiger partial charge on any atom is 0.275 e. The molecule has 0 radical (unpaired) electrons. The van der Waals surface area contributed by atoms with E-state index in [0.717, 1.165) is 40.9 Å². The second-order valence-electron chi connectivity index (χ2n) is 6.65. The molecule has 0 aliphatic carbocycles. The minimum absolute atomic E-state index is 0.593. The molecule has 0 bridgehead atoms. The van der Waals surface area contributed by atoms with Crippen molar-refractivity contribution in [2.75, 3.05) is 25.1 Å². The summed E-state index contributed by atoms with van der Waals surface area (Å²) in [5, 5.41) is 11.7. The summed E-state index contributed by atoms with van der Waals surface area (Å²) in [4.78, 5) is 2.11. The highest BCUT2D eigenvalue weighted by Crippen LogP contribution is 2.38. The summed E-state index contributed by atoms with van der Waals surface area (Å²) in [7, 11) is 1.67. The summed E-state index contributed by atoms with van der Waals surface area (Å²) in [5.74, 6) is 2.03. The number of rotatable bonds is 3. The molecule has 1 atom stereocenters. The van der Waals surface area contributed by atoms with Crippen molar-refractivity contribution in [2.45, 2.75) is 25.0 Å². The molecule has 25 heavy (non-hydrogen) atoms. The molecule has 0 fully saturated rings. The molecule has 0 saturated heterocycles. The first-order valence-corrected chi connectivity index (χ1v) is 9.44. The second-order valence-corrected chi connectivity index (χ2v) is 7.57. The Labute approximate surface area is 156 Å². The summed E-state index contributed by atoms with van der Waals surface area (Å²) in [5.41, 5.74) is 0.841. The molecule has 5 heteroatoms. The average molecular weight is 402 g/mol. The van der Waals surface area contributed by atoms with Crippen LogP contribution in [0.5, 0.6) is 5.75 Å². The lowest BCUT2D eigenvalue weighted by Gasteiger charge is -2.29. The number of benzene rings is 2. The highest BCUT2D eigenvalue weighted by Gasteiger charge is 2.54. The van der Waals surface area contributed by atoms with Gasteiger partial charge in [0.1, 0.15) is 11.4 Å². The van der Waals surface area contributed by atoms with Crippen LogP contribution in [0, 0.1) is 0 Å². The topological polar surface area (TPSA) is 35.7 Å². The van der Waals surface area contributed by atoms with E-state index in [1.165, 1.54) is 12.3 Å². The van der Waals surface area contributed by atoms with Gasteiger partial charge in [-0.05, 0) is 49.2 Å². The van der Waals surface area contributed by atoms with Crippen LogP contribution in [0.3, 0.4) is 0 Å². The Kier molecular flexibility index (Phi) is 4.29. The number of methoxy groups -OCH3 is 1. The molecule has 0 amide bonds. The molecule has 2 aromatic rings. The van der Waals surface area contributed by atoms with E-state index >= 15 is 0 Å². The van der Waals surface area contributed by atoms with Gasteiger partial charge in [0.05, 0.1) is 13.7 Å². The van der Waals surface area contributed by atoms with E-state index in [1.54, 1.807) is 7.11 Å². The zero-order chi connectivity index (χ0) is 17.4. The van der Waals surface area contributed by atoms with E-state index < -0.39 is 5.72 Å². The molecule has 4 nitrogen and oxygen atoms in total. The molecule has 130 valence electrons. The molecule has 2 heterocycles. The van der Waals surface area contributed by atoms with Crippen LogP contribution in [-0.2, 0) is 5.72 Å². The standard InChI is InChI=1S/C20H22BrN2O2/c1-25-18-11-9-17(10-12-18)23-19-4-2-3-13-22(19)14-20(23,24)15-5-7-16(21)8-6-15/h5-12,24H,2-4,13-14H2,1H3/q+1/t20-/m1/s1. The number of aliphatic hydroxyl groups is 1. The maximum atomic E-state index is 11.7. The summed E-state index contributed by atoms with van der Waals surface area (Å²) < 4.78 is 8.63. The van der Waals surface area contributed by atoms with Crippen LogP contribution in [0.15, 0.2) is 53.0 Å². The SMILES string of the molecule is COc1ccc(N2C3=[N+](CCCC3)C[C@@]2(O)c2ccc(Br)cc2)cc1. The van der Waals surface area contributed by atoms with Crippen molar-refractivity contribution in [3.63, 3.8) is 0 Å². The van der Waals surface area contributed by atoms with E-state index in [-0.39, 0.29) is 0 Å². The summed E-state index contributed by atoms with van der Waals surface area (Å²) in [6.45, 7) is 1.59. The maximum absolute atomic E-state index is 11.7. The Morgan fingerprint density at radius 1 is 1.08 bits per heavy atom. The fraction of sp³-hybridized carbons (Fsp3) is 0.350. The molecular formula is C20H22BrN2O2+. The molecule has 2 aromatic carbocycles. The third-order valence-electron chi connectivity index (χ3n) is 5.12. The second kappa shape index (κ2) is 6.46. The predicted octanol–water partition coefficient (Wildman–Crippen LogP) is 3.72. The first-order chi connectivity index (χ1) is 12.1. The van der Waals surface area contributed by atoms with Gasteiger partial charge in [-0.15, -0.1) is 0 Å². The van der Waals surface area contributed by atoms with Gasteiger partial charge in [-0.2, -0.15) is 4.90 Å². The number of halogens is 1. The van der Waals surface area contributed by atoms with Crippen molar-refractivity contribution in [3.05, 3.63) is 58.6 Å². The Bertz CT molecular complexity index is 801. The number of hydrogen-bond donors (Lipinski definition) is 1. The monoisotopic (exact) mass is 401 g/mol. The van der Waals surface area contributed by atoms with Gasteiger partial charge in [0.2, 0.25) is 0 Å². The molecule has 0 saturated carbocycles. The lowest BCUT2D eigenvalue weighted by atomic mass is 10.0. The predicted molar refractivity (Wildman–Crippen MR) is 102 cm³/mol. The van der Waals surface area contributed by atoms with Gasteiger partial charge < -0.3 is 9.84 Å². The van der Waals surface area contributed by atoms with Crippen LogP contribution in [0.25, 0.3) is 0 Å². The number of nitrogens with zero attached hydrogens (tertiary/aromatic N) is 2. The third kappa shape index (κ3) is 2.85. The van der Waals surface area contributed by atoms with Gasteiger partial charge >= 0.3 is 0 Å². The quantitative estimate of drug-likeness (QED) is 0.796. The van der Waals surface area contributed by atoms with Crippen LogP contribution < -0.4 is 9.64 Å². The molecule has 4 rings (SSSR count). The zero-order valence-electron chi connectivity index (χ0n) is 14.3. The highest BCUT2D eigenvalue weighted by atomic mass is 79.9. The van der Waals surface area contributed by atoms with Crippen LogP contribution >= 0.6 is 15.9 Å². The van der Waals surface area contributed by atoms with Crippen LogP contribution in [-0.4, -0.2) is 35.7 Å². The van der Waals surface area contributed by atoms with E-state index in [1.807, 2.05) is 48.5 Å². The first kappa shape index (κ1) is 16.6. The van der Waals surface area contributed by atoms with Crippen LogP contribution in [0.1, 0.15) is 24.8 Å². The van der Waals surface area contributed by atoms with Gasteiger partial charge in [-0.25, -0.2) is 0 Å². The van der Waals surface area contributed by atoms with E-state index in [0.29, 0.717) is 6.54 Å². The van der Waals surface area contributed by atoms with Gasteiger partial charge in [0.15, 0.2) is 6.54 Å². The van der Waals surface area contributed by atoms with Crippen LogP contribution in [0.4, 0.5) is 5.69 Å². The summed E-state index contributed by atoms with van der Waals surface area (Å²) in [6, 6.07) is 15.9. The van der Waals surface area contributed by atoms with E-state index in [2.05, 4.69) is 25.4 Å². The van der Waals surface area contributed by atoms with Crippen molar-refractivity contribution in [1.29, 1.82) is 0 Å². The Hall–Kier alpha value is -1.85. The van der Waals surface area contributed by atoms with E-state index in [4.69, 9.17) is 4.74 Å². The van der Waals surface area contributed by atoms with Gasteiger partial charge in [-0.3, -0.25) is 4.58 Å². The van der Waals surface area contributed by atoms with Crippen molar-refractivity contribution >= 4 is 27.5 Å². The Balaban J connectivity index is 1.81. The normalized spacial score (nSPS) is 22.9. The average Bonchev–Trinajstić information content (AvgIpc) is 2.95. The Morgan fingerprint density at radius 3 is 2.48 bits per heavy atom. The molecule has 0 spiro atoms. The van der Waals surface area contributed by atoms with Gasteiger partial charge in [0, 0.05) is 16.5 Å². The van der Waals surface area contributed by atoms with Gasteiger partial charge in [-0.1, -0.05) is 28.1 Å². The van der Waals surface area contributed by atoms with E-state index in [9.17, 15) is 5.11 Å². The highest BCUT2D eigenvalue weighted by molar-refractivity contribution is 9.10. The fourth-order valence-corrected chi connectivity index (χ4v) is 4.14. The number of amidine groups is 1. The molecular weight excluding hydrogens is 380 g/mol. The summed E-state index contributed by atoms with van der Waals surface area (Å²) in [6.07, 6.45) is 3.33. The minimum atomic E-state index is -1.06. The smallest absolute Gasteiger partial charge is 0.275 e. The largest absolute Gasteiger partial charge is 0.497 e. The van der Waals surface area contributed by atoms with Crippen LogP contribution in [0.2, 0.25) is 0 Å². The van der Waals surface area contributed by atoms with Gasteiger partial charge in [0.25, 0.3) is 11.6 Å². The molecule has 2 aliphatic heterocycles. The molecule has 1 N–H and O–H groups in total. The summed E-state index contributed by atoms with van der Waals surface area (Å²) >= 11 is 3.48. The van der Waals surface area contributed by atoms with Crippen molar-refractivity contribution in [2.24, 2.45) is 0 Å². The van der Waals surface area contributed by atoms with Crippen molar-refractivity contribution in [3.8, 4) is 5.75 Å². The van der Waals surface area contributed by atoms with Crippen molar-refractivity contribution < 1.29 is 14.4 Å². The fourth-order valence-electron chi connectivity index (χ4n) is 3.88. The molecule has 0 unspecified atom stereocenters. The third-order valence-corrected chi connectivity index (χ3v) is 5.65. The number of ether oxygens (including phenoxy) is 1. The first-order valence-electron chi connectivity index (χ1n) is 8.65. The Morgan fingerprint density at radius 2 is 1.80 bits per heavy atom. The number of hydrogen-bond acceptors (Lipinski definition) is 3. The number of anilines is 1. The molecule has 0 aromatic heterocycles.